The Morgan fingerprint density at radius 3 is 2.52 bits per heavy atom. The van der Waals surface area contributed by atoms with Crippen LogP contribution in [0.25, 0.3) is 0 Å². The lowest BCUT2D eigenvalue weighted by Gasteiger charge is -2.14. The Bertz CT molecular complexity index is 883. The molecular formula is C18H17F2N5. The number of anilines is 4. The van der Waals surface area contributed by atoms with Crippen molar-refractivity contribution in [2.45, 2.75) is 19.8 Å². The molecule has 128 valence electrons. The molecule has 0 saturated heterocycles. The fourth-order valence-corrected chi connectivity index (χ4v) is 2.38. The van der Waals surface area contributed by atoms with Gasteiger partial charge in [-0.1, -0.05) is 32.0 Å². The summed E-state index contributed by atoms with van der Waals surface area (Å²) in [6.07, 6.45) is 1.48. The van der Waals surface area contributed by atoms with E-state index >= 15 is 0 Å². The maximum atomic E-state index is 13.7. The van der Waals surface area contributed by atoms with Gasteiger partial charge in [0, 0.05) is 11.8 Å². The van der Waals surface area contributed by atoms with Crippen LogP contribution in [0, 0.1) is 11.6 Å². The van der Waals surface area contributed by atoms with Gasteiger partial charge < -0.3 is 10.6 Å². The van der Waals surface area contributed by atoms with Crippen molar-refractivity contribution in [1.82, 2.24) is 15.2 Å². The Kier molecular flexibility index (Phi) is 4.83. The van der Waals surface area contributed by atoms with Crippen LogP contribution in [-0.2, 0) is 0 Å². The number of hydrogen-bond acceptors (Lipinski definition) is 5. The minimum Gasteiger partial charge on any atom is -0.339 e. The van der Waals surface area contributed by atoms with Crippen molar-refractivity contribution < 1.29 is 8.78 Å². The molecule has 0 radical (unpaired) electrons. The van der Waals surface area contributed by atoms with E-state index in [-0.39, 0.29) is 11.6 Å². The van der Waals surface area contributed by atoms with E-state index in [9.17, 15) is 8.78 Å². The van der Waals surface area contributed by atoms with Crippen LogP contribution in [0.5, 0.6) is 0 Å². The summed E-state index contributed by atoms with van der Waals surface area (Å²) in [5.74, 6) is -0.468. The number of aromatic nitrogens is 3. The fourth-order valence-electron chi connectivity index (χ4n) is 2.38. The van der Waals surface area contributed by atoms with Crippen molar-refractivity contribution in [1.29, 1.82) is 0 Å². The largest absolute Gasteiger partial charge is 0.339 e. The molecule has 25 heavy (non-hydrogen) atoms. The molecule has 0 aliphatic carbocycles. The lowest BCUT2D eigenvalue weighted by atomic mass is 10.0. The topological polar surface area (TPSA) is 62.7 Å². The van der Waals surface area contributed by atoms with Crippen LogP contribution in [0.1, 0.15) is 25.3 Å². The van der Waals surface area contributed by atoms with Gasteiger partial charge in [-0.25, -0.2) is 8.78 Å². The molecule has 7 heteroatoms. The number of para-hydroxylation sites is 1. The van der Waals surface area contributed by atoms with E-state index < -0.39 is 11.6 Å². The van der Waals surface area contributed by atoms with Gasteiger partial charge in [0.1, 0.15) is 11.6 Å². The van der Waals surface area contributed by atoms with Crippen LogP contribution in [0.15, 0.2) is 48.7 Å². The molecule has 0 bridgehead atoms. The van der Waals surface area contributed by atoms with Gasteiger partial charge in [0.2, 0.25) is 5.95 Å². The molecule has 3 aromatic rings. The molecule has 5 nitrogen and oxygen atoms in total. The summed E-state index contributed by atoms with van der Waals surface area (Å²) >= 11 is 0. The second-order valence-electron chi connectivity index (χ2n) is 5.78. The molecular weight excluding hydrogens is 324 g/mol. The molecule has 1 aromatic heterocycles. The van der Waals surface area contributed by atoms with Gasteiger partial charge in [0.15, 0.2) is 5.82 Å². The summed E-state index contributed by atoms with van der Waals surface area (Å²) in [5.41, 5.74) is 2.13. The van der Waals surface area contributed by atoms with E-state index in [0.717, 1.165) is 23.4 Å². The molecule has 0 saturated carbocycles. The summed E-state index contributed by atoms with van der Waals surface area (Å²) in [4.78, 5) is 4.27. The van der Waals surface area contributed by atoms with Gasteiger partial charge in [-0.05, 0) is 29.7 Å². The van der Waals surface area contributed by atoms with Gasteiger partial charge >= 0.3 is 0 Å². The van der Waals surface area contributed by atoms with Crippen molar-refractivity contribution >= 4 is 23.1 Å². The number of halogens is 2. The van der Waals surface area contributed by atoms with Crippen LogP contribution < -0.4 is 10.6 Å². The molecule has 0 fully saturated rings. The summed E-state index contributed by atoms with van der Waals surface area (Å²) in [5, 5.41) is 13.6. The maximum Gasteiger partial charge on any atom is 0.249 e. The number of nitrogens with zero attached hydrogens (tertiary/aromatic N) is 3. The molecule has 0 spiro atoms. The molecule has 0 aliphatic heterocycles. The van der Waals surface area contributed by atoms with Crippen LogP contribution in [0.2, 0.25) is 0 Å². The van der Waals surface area contributed by atoms with Crippen LogP contribution >= 0.6 is 0 Å². The summed E-state index contributed by atoms with van der Waals surface area (Å²) in [6, 6.07) is 11.1. The lowest BCUT2D eigenvalue weighted by molar-refractivity contribution is 0.586. The highest BCUT2D eigenvalue weighted by molar-refractivity contribution is 5.62. The van der Waals surface area contributed by atoms with Gasteiger partial charge in [0.25, 0.3) is 0 Å². The van der Waals surface area contributed by atoms with Crippen LogP contribution in [0.4, 0.5) is 31.9 Å². The van der Waals surface area contributed by atoms with Crippen molar-refractivity contribution in [2.24, 2.45) is 0 Å². The SMILES string of the molecule is CC(C)c1ccccc1Nc1cnnc(Nc2ccc(F)cc2F)n1. The molecule has 3 rings (SSSR count). The molecule has 0 aliphatic rings. The first kappa shape index (κ1) is 16.8. The van der Waals surface area contributed by atoms with E-state index in [2.05, 4.69) is 39.7 Å². The van der Waals surface area contributed by atoms with Gasteiger partial charge in [-0.2, -0.15) is 10.1 Å². The Morgan fingerprint density at radius 1 is 0.960 bits per heavy atom. The zero-order valence-electron chi connectivity index (χ0n) is 13.8. The number of nitrogens with one attached hydrogen (secondary N) is 2. The predicted molar refractivity (Wildman–Crippen MR) is 93.3 cm³/mol. The molecule has 2 aromatic carbocycles. The second-order valence-corrected chi connectivity index (χ2v) is 5.78. The third-order valence-electron chi connectivity index (χ3n) is 3.58. The maximum absolute atomic E-state index is 13.7. The van der Waals surface area contributed by atoms with Crippen molar-refractivity contribution in [3.05, 3.63) is 65.9 Å². The first-order chi connectivity index (χ1) is 12.0. The van der Waals surface area contributed by atoms with Gasteiger partial charge in [0.05, 0.1) is 11.9 Å². The normalized spacial score (nSPS) is 10.8. The third-order valence-corrected chi connectivity index (χ3v) is 3.58. The third kappa shape index (κ3) is 4.06. The zero-order chi connectivity index (χ0) is 17.8. The fraction of sp³-hybridized carbons (Fsp3) is 0.167. The highest BCUT2D eigenvalue weighted by Crippen LogP contribution is 2.26. The molecule has 1 heterocycles. The van der Waals surface area contributed by atoms with Crippen molar-refractivity contribution in [3.8, 4) is 0 Å². The van der Waals surface area contributed by atoms with Gasteiger partial charge in [-0.15, -0.1) is 5.10 Å². The quantitative estimate of drug-likeness (QED) is 0.700. The second kappa shape index (κ2) is 7.21. The Labute approximate surface area is 144 Å². The van der Waals surface area contributed by atoms with E-state index in [1.54, 1.807) is 0 Å². The predicted octanol–water partition coefficient (Wildman–Crippen LogP) is 4.76. The van der Waals surface area contributed by atoms with E-state index in [0.29, 0.717) is 11.7 Å². The molecule has 2 N–H and O–H groups in total. The van der Waals surface area contributed by atoms with Crippen LogP contribution in [-0.4, -0.2) is 15.2 Å². The average Bonchev–Trinajstić information content (AvgIpc) is 2.58. The van der Waals surface area contributed by atoms with E-state index in [1.165, 1.54) is 12.3 Å². The molecule has 0 amide bonds. The standard InChI is InChI=1S/C18H17F2N5/c1-11(2)13-5-3-4-6-15(13)22-17-10-21-25-18(24-17)23-16-8-7-12(19)9-14(16)20/h3-11H,1-2H3,(H2,22,23,24,25). The average molecular weight is 341 g/mol. The first-order valence-corrected chi connectivity index (χ1v) is 7.80. The highest BCUT2D eigenvalue weighted by atomic mass is 19.1. The highest BCUT2D eigenvalue weighted by Gasteiger charge is 2.09. The monoisotopic (exact) mass is 341 g/mol. The zero-order valence-corrected chi connectivity index (χ0v) is 13.8. The minimum atomic E-state index is -0.730. The number of benzene rings is 2. The summed E-state index contributed by atoms with van der Waals surface area (Å²) < 4.78 is 26.7. The van der Waals surface area contributed by atoms with Crippen molar-refractivity contribution in [2.75, 3.05) is 10.6 Å². The summed E-state index contributed by atoms with van der Waals surface area (Å²) in [7, 11) is 0. The number of rotatable bonds is 5. The molecule has 0 unspecified atom stereocenters. The minimum absolute atomic E-state index is 0.0722. The number of hydrogen-bond donors (Lipinski definition) is 2. The lowest BCUT2D eigenvalue weighted by Crippen LogP contribution is -2.05. The van der Waals surface area contributed by atoms with E-state index in [4.69, 9.17) is 0 Å². The summed E-state index contributed by atoms with van der Waals surface area (Å²) in [6.45, 7) is 4.20. The first-order valence-electron chi connectivity index (χ1n) is 7.80. The van der Waals surface area contributed by atoms with Gasteiger partial charge in [-0.3, -0.25) is 0 Å². The Balaban J connectivity index is 1.82. The van der Waals surface area contributed by atoms with Crippen LogP contribution in [0.3, 0.4) is 0 Å². The molecule has 0 atom stereocenters. The smallest absolute Gasteiger partial charge is 0.249 e. The van der Waals surface area contributed by atoms with Crippen molar-refractivity contribution in [3.63, 3.8) is 0 Å². The Hall–Kier alpha value is -3.09. The Morgan fingerprint density at radius 2 is 1.76 bits per heavy atom. The van der Waals surface area contributed by atoms with E-state index in [1.807, 2.05) is 24.3 Å².